The molecule has 6 nitrogen and oxygen atoms in total. The van der Waals surface area contributed by atoms with Crippen molar-refractivity contribution in [3.63, 3.8) is 0 Å². The summed E-state index contributed by atoms with van der Waals surface area (Å²) in [6.45, 7) is 14.7. The van der Waals surface area contributed by atoms with Crippen molar-refractivity contribution in [3.05, 3.63) is 29.8 Å². The summed E-state index contributed by atoms with van der Waals surface area (Å²) < 4.78 is 0. The number of nitrogens with zero attached hydrogens (tertiary/aromatic N) is 2. The number of carbonyl (C=O) groups excluding carboxylic acids is 1. The summed E-state index contributed by atoms with van der Waals surface area (Å²) in [7, 11) is 1.79. The molecule has 1 unspecified atom stereocenters. The fourth-order valence-corrected chi connectivity index (χ4v) is 3.19. The molecule has 3 N–H and O–H groups in total. The number of guanidine groups is 1. The van der Waals surface area contributed by atoms with E-state index < -0.39 is 0 Å². The molecule has 0 aliphatic carbocycles. The van der Waals surface area contributed by atoms with Gasteiger partial charge in [-0.1, -0.05) is 39.8 Å². The molecule has 1 atom stereocenters. The predicted octanol–water partition coefficient (Wildman–Crippen LogP) is 3.85. The van der Waals surface area contributed by atoms with Crippen LogP contribution in [0.5, 0.6) is 0 Å². The number of anilines is 1. The summed E-state index contributed by atoms with van der Waals surface area (Å²) in [5.41, 5.74) is 1.94. The summed E-state index contributed by atoms with van der Waals surface area (Å²) in [5, 5.41) is 9.81. The maximum atomic E-state index is 12.0. The van der Waals surface area contributed by atoms with E-state index in [1.807, 2.05) is 38.1 Å². The Hall–Kier alpha value is -2.08. The van der Waals surface area contributed by atoms with Crippen LogP contribution in [0.1, 0.15) is 59.4 Å². The van der Waals surface area contributed by atoms with Gasteiger partial charge in [0.15, 0.2) is 5.96 Å². The molecule has 0 aliphatic rings. The van der Waals surface area contributed by atoms with Crippen LogP contribution in [0.2, 0.25) is 0 Å². The molecular formula is C23H41N5O. The third kappa shape index (κ3) is 10.9. The summed E-state index contributed by atoms with van der Waals surface area (Å²) in [4.78, 5) is 18.8. The molecule has 0 spiro atoms. The zero-order chi connectivity index (χ0) is 21.6. The van der Waals surface area contributed by atoms with Gasteiger partial charge in [-0.05, 0) is 63.0 Å². The highest BCUT2D eigenvalue weighted by molar-refractivity contribution is 5.90. The molecule has 29 heavy (non-hydrogen) atoms. The molecule has 0 aliphatic heterocycles. The fourth-order valence-electron chi connectivity index (χ4n) is 3.19. The normalized spacial score (nSPS) is 12.9. The van der Waals surface area contributed by atoms with Gasteiger partial charge in [-0.2, -0.15) is 0 Å². The predicted molar refractivity (Wildman–Crippen MR) is 124 cm³/mol. The van der Waals surface area contributed by atoms with Gasteiger partial charge in [-0.3, -0.25) is 9.79 Å². The van der Waals surface area contributed by atoms with Gasteiger partial charge in [-0.25, -0.2) is 0 Å². The Morgan fingerprint density at radius 2 is 1.90 bits per heavy atom. The van der Waals surface area contributed by atoms with Crippen LogP contribution in [-0.4, -0.2) is 49.5 Å². The fraction of sp³-hybridized carbons (Fsp3) is 0.652. The summed E-state index contributed by atoms with van der Waals surface area (Å²) >= 11 is 0. The lowest BCUT2D eigenvalue weighted by Gasteiger charge is -2.21. The Labute approximate surface area is 177 Å². The van der Waals surface area contributed by atoms with Crippen molar-refractivity contribution in [3.8, 4) is 0 Å². The molecule has 0 radical (unpaired) electrons. The highest BCUT2D eigenvalue weighted by Gasteiger charge is 2.08. The van der Waals surface area contributed by atoms with Crippen molar-refractivity contribution in [2.24, 2.45) is 10.9 Å². The van der Waals surface area contributed by atoms with Gasteiger partial charge in [-0.15, -0.1) is 0 Å². The van der Waals surface area contributed by atoms with Crippen LogP contribution in [0.25, 0.3) is 0 Å². The standard InChI is InChI=1S/C23H41N5O/c1-7-28(8-2)14-10-11-19(5)26-23(24-6)25-17-20-12-9-13-21(16-20)27-22(29)15-18(3)4/h9,12-13,16,18-19H,7-8,10-11,14-15,17H2,1-6H3,(H,27,29)(H2,24,25,26). The van der Waals surface area contributed by atoms with E-state index in [-0.39, 0.29) is 5.91 Å². The van der Waals surface area contributed by atoms with Crippen molar-refractivity contribution >= 4 is 17.6 Å². The lowest BCUT2D eigenvalue weighted by atomic mass is 10.1. The van der Waals surface area contributed by atoms with Crippen LogP contribution in [0.4, 0.5) is 5.69 Å². The highest BCUT2D eigenvalue weighted by atomic mass is 16.1. The largest absolute Gasteiger partial charge is 0.354 e. The molecule has 1 rings (SSSR count). The average molecular weight is 404 g/mol. The smallest absolute Gasteiger partial charge is 0.224 e. The minimum absolute atomic E-state index is 0.0566. The second-order valence-corrected chi connectivity index (χ2v) is 7.99. The summed E-state index contributed by atoms with van der Waals surface area (Å²) in [5.74, 6) is 1.21. The SMILES string of the molecule is CCN(CC)CCCC(C)NC(=NC)NCc1cccc(NC(=O)CC(C)C)c1. The summed E-state index contributed by atoms with van der Waals surface area (Å²) in [6, 6.07) is 8.30. The molecule has 0 saturated heterocycles. The number of aliphatic imine (C=N–C) groups is 1. The molecule has 0 fully saturated rings. The molecule has 6 heteroatoms. The molecular weight excluding hydrogens is 362 g/mol. The molecule has 164 valence electrons. The van der Waals surface area contributed by atoms with Crippen molar-refractivity contribution in [1.29, 1.82) is 0 Å². The monoisotopic (exact) mass is 403 g/mol. The van der Waals surface area contributed by atoms with E-state index in [2.05, 4.69) is 46.6 Å². The first-order chi connectivity index (χ1) is 13.9. The zero-order valence-electron chi connectivity index (χ0n) is 19.2. The molecule has 0 heterocycles. The van der Waals surface area contributed by atoms with E-state index in [4.69, 9.17) is 0 Å². The lowest BCUT2D eigenvalue weighted by Crippen LogP contribution is -2.42. The third-order valence-electron chi connectivity index (χ3n) is 4.88. The van der Waals surface area contributed by atoms with E-state index >= 15 is 0 Å². The highest BCUT2D eigenvalue weighted by Crippen LogP contribution is 2.12. The van der Waals surface area contributed by atoms with E-state index in [1.165, 1.54) is 6.42 Å². The van der Waals surface area contributed by atoms with Gasteiger partial charge >= 0.3 is 0 Å². The van der Waals surface area contributed by atoms with Crippen LogP contribution in [0, 0.1) is 5.92 Å². The van der Waals surface area contributed by atoms with Gasteiger partial charge in [0.25, 0.3) is 0 Å². The van der Waals surface area contributed by atoms with Gasteiger partial charge in [0, 0.05) is 31.7 Å². The maximum absolute atomic E-state index is 12.0. The van der Waals surface area contributed by atoms with Crippen LogP contribution in [-0.2, 0) is 11.3 Å². The Morgan fingerprint density at radius 1 is 1.17 bits per heavy atom. The summed E-state index contributed by atoms with van der Waals surface area (Å²) in [6.07, 6.45) is 2.81. The molecule has 0 saturated carbocycles. The van der Waals surface area contributed by atoms with Gasteiger partial charge < -0.3 is 20.9 Å². The van der Waals surface area contributed by atoms with Crippen molar-refractivity contribution in [2.75, 3.05) is 32.0 Å². The number of hydrogen-bond acceptors (Lipinski definition) is 3. The molecule has 0 bridgehead atoms. The quantitative estimate of drug-likeness (QED) is 0.366. The van der Waals surface area contributed by atoms with Gasteiger partial charge in [0.1, 0.15) is 0 Å². The average Bonchev–Trinajstić information content (AvgIpc) is 2.68. The van der Waals surface area contributed by atoms with Gasteiger partial charge in [0.2, 0.25) is 5.91 Å². The Bertz CT molecular complexity index is 625. The van der Waals surface area contributed by atoms with E-state index in [0.717, 1.165) is 43.3 Å². The topological polar surface area (TPSA) is 68.8 Å². The molecule has 1 aromatic carbocycles. The molecule has 1 aromatic rings. The van der Waals surface area contributed by atoms with Crippen molar-refractivity contribution in [2.45, 2.75) is 66.5 Å². The lowest BCUT2D eigenvalue weighted by molar-refractivity contribution is -0.116. The van der Waals surface area contributed by atoms with E-state index in [9.17, 15) is 4.79 Å². The zero-order valence-corrected chi connectivity index (χ0v) is 19.2. The molecule has 0 aromatic heterocycles. The van der Waals surface area contributed by atoms with Crippen molar-refractivity contribution in [1.82, 2.24) is 15.5 Å². The van der Waals surface area contributed by atoms with E-state index in [1.54, 1.807) is 7.05 Å². The first-order valence-corrected chi connectivity index (χ1v) is 11.0. The minimum Gasteiger partial charge on any atom is -0.354 e. The number of hydrogen-bond donors (Lipinski definition) is 3. The van der Waals surface area contributed by atoms with Crippen LogP contribution >= 0.6 is 0 Å². The van der Waals surface area contributed by atoms with E-state index in [0.29, 0.717) is 24.9 Å². The minimum atomic E-state index is 0.0566. The first kappa shape index (κ1) is 25.0. The third-order valence-corrected chi connectivity index (χ3v) is 4.88. The van der Waals surface area contributed by atoms with Crippen LogP contribution in [0.15, 0.2) is 29.3 Å². The Kier molecular flexibility index (Phi) is 12.0. The van der Waals surface area contributed by atoms with Gasteiger partial charge in [0.05, 0.1) is 0 Å². The van der Waals surface area contributed by atoms with Crippen LogP contribution in [0.3, 0.4) is 0 Å². The second-order valence-electron chi connectivity index (χ2n) is 7.99. The number of carbonyl (C=O) groups is 1. The number of rotatable bonds is 12. The Morgan fingerprint density at radius 3 is 2.52 bits per heavy atom. The van der Waals surface area contributed by atoms with Crippen molar-refractivity contribution < 1.29 is 4.79 Å². The number of nitrogens with one attached hydrogen (secondary N) is 3. The maximum Gasteiger partial charge on any atom is 0.224 e. The van der Waals surface area contributed by atoms with Crippen LogP contribution < -0.4 is 16.0 Å². The Balaban J connectivity index is 2.45. The molecule has 1 amide bonds. The number of amides is 1. The number of benzene rings is 1. The second kappa shape index (κ2) is 14.0. The first-order valence-electron chi connectivity index (χ1n) is 11.0.